The van der Waals surface area contributed by atoms with Crippen LogP contribution in [0, 0.1) is 6.92 Å². The number of benzene rings is 3. The van der Waals surface area contributed by atoms with Gasteiger partial charge in [0.15, 0.2) is 5.69 Å². The molecule has 0 atom stereocenters. The normalized spacial score (nSPS) is 11.6. The Bertz CT molecular complexity index is 2340. The van der Waals surface area contributed by atoms with Crippen LogP contribution in [0.3, 0.4) is 0 Å². The molecular formula is C27H20N6Na4O12PS2-. The fourth-order valence-electron chi connectivity index (χ4n) is 4.26. The van der Waals surface area contributed by atoms with Crippen LogP contribution in [0.1, 0.15) is 21.5 Å². The quantitative estimate of drug-likeness (QED) is 0.0639. The zero-order chi connectivity index (χ0) is 35.6. The Kier molecular flexibility index (Phi) is 20.4. The zero-order valence-electron chi connectivity index (χ0n) is 28.2. The number of nitrogens with zero attached hydrogens (tertiary/aromatic N) is 5. The Balaban J connectivity index is 0.00000650. The Morgan fingerprint density at radius 2 is 1.40 bits per heavy atom. The maximum absolute atomic E-state index is 13.3. The molecule has 3 aromatic carbocycles. The van der Waals surface area contributed by atoms with Gasteiger partial charge in [-0.05, 0) is 85.7 Å². The smallest absolute Gasteiger partial charge is 0.859 e. The molecule has 0 fully saturated rings. The summed E-state index contributed by atoms with van der Waals surface area (Å²) in [6.07, 6.45) is -0.0574. The summed E-state index contributed by atoms with van der Waals surface area (Å²) in [5.41, 5.74) is 2.33. The van der Waals surface area contributed by atoms with Crippen molar-refractivity contribution in [2.45, 2.75) is 29.7 Å². The minimum Gasteiger partial charge on any atom is -0.859 e. The van der Waals surface area contributed by atoms with Crippen LogP contribution in [0.15, 0.2) is 102 Å². The Morgan fingerprint density at radius 3 is 1.92 bits per heavy atom. The van der Waals surface area contributed by atoms with Crippen molar-refractivity contribution < 1.29 is 168 Å². The number of nitrogens with two attached hydrogens (primary N) is 1. The summed E-state index contributed by atoms with van der Waals surface area (Å²) in [6.45, 7) is 0.806. The maximum atomic E-state index is 13.3. The van der Waals surface area contributed by atoms with Gasteiger partial charge < -0.3 is 38.9 Å². The van der Waals surface area contributed by atoms with E-state index in [2.05, 4.69) is 20.5 Å². The van der Waals surface area contributed by atoms with E-state index in [-0.39, 0.29) is 148 Å². The molecule has 1 aromatic heterocycles. The van der Waals surface area contributed by atoms with Crippen molar-refractivity contribution in [2.24, 2.45) is 26.2 Å². The number of aromatic nitrogens is 1. The van der Waals surface area contributed by atoms with E-state index in [0.29, 0.717) is 10.1 Å². The molecular weight excluding hydrogens is 787 g/mol. The second-order valence-electron chi connectivity index (χ2n) is 9.85. The van der Waals surface area contributed by atoms with Crippen LogP contribution in [0.5, 0.6) is 5.88 Å². The SMILES string of the molecule is Cc1c(C(N)=O)c([O-])n(CCc2ccc(S(=O)(=O)[O-])cc2)c(=O)c1N=Nc1ccc(N=Nc2cccc(P(=O)([O-])[O-])c2)cc1S(=O)(=O)[O-].[Na+].[Na+].[Na+].[Na+]. The van der Waals surface area contributed by atoms with E-state index < -0.39 is 77.2 Å². The number of primary amides is 1. The number of rotatable bonds is 11. The van der Waals surface area contributed by atoms with Gasteiger partial charge in [0.05, 0.1) is 26.7 Å². The van der Waals surface area contributed by atoms with Gasteiger partial charge >= 0.3 is 118 Å². The molecule has 2 N–H and O–H groups in total. The first kappa shape index (κ1) is 51.0. The van der Waals surface area contributed by atoms with E-state index in [1.165, 1.54) is 31.2 Å². The van der Waals surface area contributed by atoms with Crippen LogP contribution in [-0.4, -0.2) is 36.4 Å². The van der Waals surface area contributed by atoms with Crippen LogP contribution in [0.2, 0.25) is 0 Å². The summed E-state index contributed by atoms with van der Waals surface area (Å²) >= 11 is 0. The molecule has 0 saturated carbocycles. The number of hydrogen-bond acceptors (Lipinski definition) is 16. The first-order chi connectivity index (χ1) is 22.3. The van der Waals surface area contributed by atoms with Crippen molar-refractivity contribution in [1.82, 2.24) is 4.57 Å². The summed E-state index contributed by atoms with van der Waals surface area (Å²) < 4.78 is 81.6. The molecule has 1 amide bonds. The van der Waals surface area contributed by atoms with Gasteiger partial charge in [0.2, 0.25) is 5.91 Å². The monoisotopic (exact) mass is 807 g/mol. The third-order valence-corrected chi connectivity index (χ3v) is 9.24. The van der Waals surface area contributed by atoms with Crippen molar-refractivity contribution >= 4 is 61.8 Å². The summed E-state index contributed by atoms with van der Waals surface area (Å²) in [6, 6.07) is 12.0. The van der Waals surface area contributed by atoms with Gasteiger partial charge in [0.25, 0.3) is 5.56 Å². The van der Waals surface area contributed by atoms with Crippen LogP contribution < -0.4 is 150 Å². The molecule has 0 aliphatic rings. The Hall–Kier alpha value is -0.950. The molecule has 0 aliphatic heterocycles. The van der Waals surface area contributed by atoms with Crippen LogP contribution in [-0.2, 0) is 37.8 Å². The summed E-state index contributed by atoms with van der Waals surface area (Å²) in [7, 11) is -15.1. The van der Waals surface area contributed by atoms with Gasteiger partial charge in [-0.2, -0.15) is 10.2 Å². The van der Waals surface area contributed by atoms with Crippen molar-refractivity contribution in [2.75, 3.05) is 0 Å². The number of carbonyl (C=O) groups excluding carboxylic acids is 1. The second kappa shape index (κ2) is 20.8. The zero-order valence-corrected chi connectivity index (χ0v) is 38.8. The minimum absolute atomic E-state index is 0. The number of azo groups is 2. The average Bonchev–Trinajstić information content (AvgIpc) is 2.99. The van der Waals surface area contributed by atoms with Gasteiger partial charge in [-0.25, -0.2) is 16.8 Å². The minimum atomic E-state index is -5.27. The molecule has 1 heterocycles. The number of carbonyl (C=O) groups is 1. The standard InChI is InChI=1S/C27H25N6O12PS2.4Na/c1-15-23(25(28)34)26(35)33(12-11-16-5-8-20(9-6-16)47(40,41)42)27(36)24(15)32-31-21-10-7-18(14-22(21)48(43,44)45)30-29-17-3-2-4-19(13-17)46(37,38)39;;;;/h2-10,13-14,35H,11-12H2,1H3,(H2,28,34)(H2,37,38,39)(H,40,41,42)(H,43,44,45);;;;/q;4*+1/p-5. The van der Waals surface area contributed by atoms with Crippen LogP contribution in [0.4, 0.5) is 22.7 Å². The maximum Gasteiger partial charge on any atom is 1.00 e. The van der Waals surface area contributed by atoms with E-state index in [0.717, 1.165) is 42.5 Å². The molecule has 4 aromatic rings. The van der Waals surface area contributed by atoms with E-state index in [9.17, 15) is 55.0 Å². The third kappa shape index (κ3) is 13.1. The van der Waals surface area contributed by atoms with Crippen molar-refractivity contribution in [3.05, 3.63) is 93.8 Å². The van der Waals surface area contributed by atoms with E-state index in [1.54, 1.807) is 0 Å². The van der Waals surface area contributed by atoms with E-state index in [4.69, 9.17) is 5.73 Å². The molecule has 0 unspecified atom stereocenters. The van der Waals surface area contributed by atoms with Crippen molar-refractivity contribution in [1.29, 1.82) is 0 Å². The van der Waals surface area contributed by atoms with E-state index in [1.807, 2.05) is 0 Å². The number of hydrogen-bond donors (Lipinski definition) is 1. The van der Waals surface area contributed by atoms with Crippen LogP contribution >= 0.6 is 7.60 Å². The Morgan fingerprint density at radius 1 is 0.827 bits per heavy atom. The van der Waals surface area contributed by atoms with Gasteiger partial charge in [-0.15, -0.1) is 10.2 Å². The molecule has 0 radical (unpaired) electrons. The topological polar surface area (TPSA) is 315 Å². The molecule has 0 saturated heterocycles. The predicted octanol–water partition coefficient (Wildman–Crippen LogP) is -11.2. The van der Waals surface area contributed by atoms with Crippen molar-refractivity contribution in [3.63, 3.8) is 0 Å². The predicted molar refractivity (Wildman–Crippen MR) is 158 cm³/mol. The average molecular weight is 808 g/mol. The number of aryl methyl sites for hydroxylation is 1. The van der Waals surface area contributed by atoms with Gasteiger partial charge in [-0.1, -0.05) is 24.3 Å². The third-order valence-electron chi connectivity index (χ3n) is 6.62. The molecule has 0 aliphatic carbocycles. The molecule has 252 valence electrons. The molecule has 25 heteroatoms. The molecule has 52 heavy (non-hydrogen) atoms. The fraction of sp³-hybridized carbons (Fsp3) is 0.111. The summed E-state index contributed by atoms with van der Waals surface area (Å²) in [4.78, 5) is 46.6. The first-order valence-corrected chi connectivity index (χ1v) is 17.5. The molecule has 0 bridgehead atoms. The van der Waals surface area contributed by atoms with Gasteiger partial charge in [0.1, 0.15) is 25.9 Å². The molecule has 0 spiro atoms. The van der Waals surface area contributed by atoms with Gasteiger partial charge in [-0.3, -0.25) is 9.59 Å². The van der Waals surface area contributed by atoms with Crippen LogP contribution in [0.25, 0.3) is 0 Å². The number of amides is 1. The summed E-state index contributed by atoms with van der Waals surface area (Å²) in [5, 5.41) is 27.4. The molecule has 4 rings (SSSR count). The Labute approximate surface area is 385 Å². The van der Waals surface area contributed by atoms with Gasteiger partial charge in [0, 0.05) is 6.54 Å². The summed E-state index contributed by atoms with van der Waals surface area (Å²) in [5.74, 6) is -2.29. The van der Waals surface area contributed by atoms with Crippen molar-refractivity contribution in [3.8, 4) is 5.88 Å². The first-order valence-electron chi connectivity index (χ1n) is 13.1. The largest absolute Gasteiger partial charge is 1.00 e. The number of pyridine rings is 1. The molecule has 18 nitrogen and oxygen atoms in total. The fourth-order valence-corrected chi connectivity index (χ4v) is 5.92. The van der Waals surface area contributed by atoms with E-state index >= 15 is 0 Å². The second-order valence-corrected chi connectivity index (χ2v) is 14.1.